The monoisotopic (exact) mass is 170 g/mol. The minimum Gasteiger partial charge on any atom is -0.294 e. The quantitative estimate of drug-likeness (QED) is 0.385. The molecule has 0 saturated carbocycles. The normalized spacial score (nSPS) is 9.55. The lowest BCUT2D eigenvalue weighted by atomic mass is 10.2. The highest BCUT2D eigenvalue weighted by atomic mass is 32.1. The van der Waals surface area contributed by atoms with Gasteiger partial charge in [0, 0.05) is 11.6 Å². The van der Waals surface area contributed by atoms with Crippen LogP contribution in [0.3, 0.4) is 0 Å². The van der Waals surface area contributed by atoms with Gasteiger partial charge in [-0.3, -0.25) is 14.9 Å². The Kier molecular flexibility index (Phi) is 2.00. The summed E-state index contributed by atoms with van der Waals surface area (Å²) < 4.78 is 0. The lowest BCUT2D eigenvalue weighted by molar-refractivity contribution is -0.380. The molecule has 0 bridgehead atoms. The van der Waals surface area contributed by atoms with Gasteiger partial charge in [0.15, 0.2) is 5.78 Å². The molecule has 0 unspecified atom stereocenters. The first-order valence-corrected chi connectivity index (χ1v) is 3.59. The van der Waals surface area contributed by atoms with Gasteiger partial charge < -0.3 is 0 Å². The van der Waals surface area contributed by atoms with Crippen molar-refractivity contribution in [2.75, 3.05) is 0 Å². The van der Waals surface area contributed by atoms with E-state index in [0.29, 0.717) is 0 Å². The molecular weight excluding hydrogens is 166 g/mol. The van der Waals surface area contributed by atoms with Crippen LogP contribution in [0.25, 0.3) is 0 Å². The summed E-state index contributed by atoms with van der Waals surface area (Å²) in [6.07, 6.45) is 0. The van der Waals surface area contributed by atoms with Gasteiger partial charge in [0.1, 0.15) is 0 Å². The third-order valence-electron chi connectivity index (χ3n) is 1.09. The Labute approximate surface area is 66.6 Å². The maximum atomic E-state index is 10.6. The number of nitrogens with zero attached hydrogens (tertiary/aromatic N) is 1. The second-order valence-electron chi connectivity index (χ2n) is 1.91. The van der Waals surface area contributed by atoms with Gasteiger partial charge in [-0.15, -0.1) is 0 Å². The lowest BCUT2D eigenvalue weighted by Gasteiger charge is -1.81. The Morgan fingerprint density at radius 2 is 2.45 bits per heavy atom. The maximum Gasteiger partial charge on any atom is 0.325 e. The van der Waals surface area contributed by atoms with Gasteiger partial charge in [0.2, 0.25) is 0 Å². The highest BCUT2D eigenvalue weighted by molar-refractivity contribution is 7.13. The SMILES string of the molecule is CC(=O)c1[c]sc([N+](=O)[O-])c1. The van der Waals surface area contributed by atoms with E-state index in [-0.39, 0.29) is 16.3 Å². The van der Waals surface area contributed by atoms with Crippen molar-refractivity contribution in [3.05, 3.63) is 27.1 Å². The molecule has 0 N–H and O–H groups in total. The van der Waals surface area contributed by atoms with Crippen LogP contribution >= 0.6 is 11.3 Å². The zero-order valence-corrected chi connectivity index (χ0v) is 6.47. The Hall–Kier alpha value is -1.23. The number of ketones is 1. The average Bonchev–Trinajstić information content (AvgIpc) is 2.33. The molecule has 1 heterocycles. The predicted molar refractivity (Wildman–Crippen MR) is 39.8 cm³/mol. The lowest BCUT2D eigenvalue weighted by Crippen LogP contribution is -1.87. The molecule has 0 spiro atoms. The van der Waals surface area contributed by atoms with Crippen LogP contribution in [0.15, 0.2) is 6.07 Å². The van der Waals surface area contributed by atoms with Gasteiger partial charge in [-0.1, -0.05) is 11.3 Å². The highest BCUT2D eigenvalue weighted by Gasteiger charge is 2.11. The first-order chi connectivity index (χ1) is 5.11. The van der Waals surface area contributed by atoms with Crippen molar-refractivity contribution in [2.24, 2.45) is 0 Å². The van der Waals surface area contributed by atoms with Crippen molar-refractivity contribution in [2.45, 2.75) is 6.92 Å². The molecule has 0 amide bonds. The summed E-state index contributed by atoms with van der Waals surface area (Å²) in [5, 5.41) is 12.6. The van der Waals surface area contributed by atoms with Crippen molar-refractivity contribution in [1.82, 2.24) is 0 Å². The fraction of sp³-hybridized carbons (Fsp3) is 0.167. The Bertz CT molecular complexity index is 276. The number of hydrogen-bond acceptors (Lipinski definition) is 4. The van der Waals surface area contributed by atoms with E-state index in [0.717, 1.165) is 11.3 Å². The van der Waals surface area contributed by atoms with Gasteiger partial charge in [0.25, 0.3) is 0 Å². The van der Waals surface area contributed by atoms with Crippen LogP contribution in [0, 0.1) is 15.5 Å². The van der Waals surface area contributed by atoms with E-state index in [4.69, 9.17) is 0 Å². The number of Topliss-reactive ketones (excluding diaryl/α,β-unsaturated/α-hetero) is 1. The molecule has 0 atom stereocenters. The second-order valence-corrected chi connectivity index (χ2v) is 2.74. The van der Waals surface area contributed by atoms with Crippen LogP contribution in [0.5, 0.6) is 0 Å². The molecule has 4 nitrogen and oxygen atoms in total. The summed E-state index contributed by atoms with van der Waals surface area (Å²) in [6, 6.07) is 1.23. The third kappa shape index (κ3) is 1.62. The zero-order valence-electron chi connectivity index (χ0n) is 5.66. The first kappa shape index (κ1) is 7.87. The first-order valence-electron chi connectivity index (χ1n) is 2.78. The molecule has 5 heteroatoms. The van der Waals surface area contributed by atoms with Crippen molar-refractivity contribution in [3.8, 4) is 0 Å². The van der Waals surface area contributed by atoms with Crippen LogP contribution in [0.2, 0.25) is 0 Å². The number of rotatable bonds is 2. The van der Waals surface area contributed by atoms with Gasteiger partial charge in [-0.25, -0.2) is 0 Å². The van der Waals surface area contributed by atoms with Crippen LogP contribution in [0.4, 0.5) is 5.00 Å². The molecule has 1 rings (SSSR count). The van der Waals surface area contributed by atoms with E-state index in [2.05, 4.69) is 5.38 Å². The molecule has 0 fully saturated rings. The zero-order chi connectivity index (χ0) is 8.43. The minimum atomic E-state index is -0.534. The van der Waals surface area contributed by atoms with Gasteiger partial charge in [-0.2, -0.15) is 0 Å². The number of hydrogen-bond donors (Lipinski definition) is 0. The largest absolute Gasteiger partial charge is 0.325 e. The standard InChI is InChI=1S/C6H4NO3S/c1-4(8)5-2-6(7(9)10)11-3-5/h2H,1H3. The average molecular weight is 170 g/mol. The Morgan fingerprint density at radius 1 is 1.82 bits per heavy atom. The molecule has 1 aromatic heterocycles. The molecule has 0 saturated heterocycles. The van der Waals surface area contributed by atoms with Crippen LogP contribution < -0.4 is 0 Å². The van der Waals surface area contributed by atoms with Crippen LogP contribution in [-0.2, 0) is 0 Å². The fourth-order valence-electron chi connectivity index (χ4n) is 0.553. The molecule has 0 aliphatic rings. The highest BCUT2D eigenvalue weighted by Crippen LogP contribution is 2.21. The Balaban J connectivity index is 2.99. The van der Waals surface area contributed by atoms with E-state index >= 15 is 0 Å². The van der Waals surface area contributed by atoms with Crippen molar-refractivity contribution in [1.29, 1.82) is 0 Å². The fourth-order valence-corrected chi connectivity index (χ4v) is 1.22. The summed E-state index contributed by atoms with van der Waals surface area (Å²) in [4.78, 5) is 20.2. The number of nitro groups is 1. The van der Waals surface area contributed by atoms with E-state index in [1.165, 1.54) is 13.0 Å². The van der Waals surface area contributed by atoms with Crippen LogP contribution in [-0.4, -0.2) is 10.7 Å². The van der Waals surface area contributed by atoms with Crippen molar-refractivity contribution in [3.63, 3.8) is 0 Å². The molecule has 0 aliphatic heterocycles. The van der Waals surface area contributed by atoms with E-state index in [9.17, 15) is 14.9 Å². The minimum absolute atomic E-state index is 0.0461. The summed E-state index contributed by atoms with van der Waals surface area (Å²) in [5.74, 6) is -0.200. The molecule has 0 aromatic carbocycles. The third-order valence-corrected chi connectivity index (χ3v) is 1.89. The molecule has 1 radical (unpaired) electrons. The number of carbonyl (C=O) groups excluding carboxylic acids is 1. The smallest absolute Gasteiger partial charge is 0.294 e. The topological polar surface area (TPSA) is 60.2 Å². The van der Waals surface area contributed by atoms with Crippen molar-refractivity contribution >= 4 is 22.1 Å². The van der Waals surface area contributed by atoms with E-state index < -0.39 is 4.92 Å². The number of carbonyl (C=O) groups is 1. The molecular formula is C6H4NO3S. The molecule has 1 aromatic rings. The van der Waals surface area contributed by atoms with Crippen LogP contribution in [0.1, 0.15) is 17.3 Å². The molecule has 0 aliphatic carbocycles. The predicted octanol–water partition coefficient (Wildman–Crippen LogP) is 1.66. The number of thiophene rings is 1. The summed E-state index contributed by atoms with van der Waals surface area (Å²) in [5.41, 5.74) is 0.279. The van der Waals surface area contributed by atoms with Gasteiger partial charge in [0.05, 0.1) is 10.3 Å². The maximum absolute atomic E-state index is 10.6. The molecule has 11 heavy (non-hydrogen) atoms. The summed E-state index contributed by atoms with van der Waals surface area (Å²) >= 11 is 0.841. The van der Waals surface area contributed by atoms with Crippen molar-refractivity contribution < 1.29 is 9.72 Å². The van der Waals surface area contributed by atoms with E-state index in [1.54, 1.807) is 0 Å². The van der Waals surface area contributed by atoms with Gasteiger partial charge in [-0.05, 0) is 6.92 Å². The van der Waals surface area contributed by atoms with E-state index in [1.807, 2.05) is 0 Å². The summed E-state index contributed by atoms with van der Waals surface area (Å²) in [6.45, 7) is 1.35. The summed E-state index contributed by atoms with van der Waals surface area (Å²) in [7, 11) is 0. The Morgan fingerprint density at radius 3 is 2.73 bits per heavy atom. The molecule has 57 valence electrons. The van der Waals surface area contributed by atoms with Gasteiger partial charge >= 0.3 is 5.00 Å². The second kappa shape index (κ2) is 2.79.